The number of carbonyl (C=O) groups excluding carboxylic acids is 1. The van der Waals surface area contributed by atoms with E-state index in [9.17, 15) is 13.6 Å². The molecular formula is C21H20F2N2O7. The Balaban J connectivity index is 0.000000427. The van der Waals surface area contributed by atoms with Gasteiger partial charge in [-0.2, -0.15) is 0 Å². The maximum atomic E-state index is 13.0. The molecule has 1 heterocycles. The smallest absolute Gasteiger partial charge is 0.473 e. The van der Waals surface area contributed by atoms with Gasteiger partial charge in [0.2, 0.25) is 5.91 Å². The van der Waals surface area contributed by atoms with Crippen LogP contribution in [-0.2, 0) is 20.8 Å². The second-order valence-electron chi connectivity index (χ2n) is 7.01. The Bertz CT molecular complexity index is 1020. The predicted molar refractivity (Wildman–Crippen MR) is 107 cm³/mol. The monoisotopic (exact) mass is 450 g/mol. The number of ether oxygens (including phenoxy) is 2. The number of benzene rings is 2. The molecule has 0 saturated carbocycles. The van der Waals surface area contributed by atoms with Crippen LogP contribution in [0, 0.1) is 0 Å². The first-order valence-corrected chi connectivity index (χ1v) is 9.62. The quantitative estimate of drug-likeness (QED) is 0.523. The lowest BCUT2D eigenvalue weighted by molar-refractivity contribution is -0.286. The summed E-state index contributed by atoms with van der Waals surface area (Å²) in [4.78, 5) is 30.4. The molecule has 1 amide bonds. The molecule has 4 N–H and O–H groups in total. The van der Waals surface area contributed by atoms with E-state index in [1.165, 1.54) is 29.3 Å². The number of aliphatic carboxylic acids is 2. The average molecular weight is 450 g/mol. The number of halogens is 2. The lowest BCUT2D eigenvalue weighted by Crippen LogP contribution is -2.33. The van der Waals surface area contributed by atoms with Gasteiger partial charge < -0.3 is 30.3 Å². The molecule has 2 aliphatic rings. The Morgan fingerprint density at radius 2 is 1.72 bits per heavy atom. The highest BCUT2D eigenvalue weighted by Crippen LogP contribution is 2.42. The molecule has 9 nitrogen and oxygen atoms in total. The van der Waals surface area contributed by atoms with Crippen LogP contribution in [0.25, 0.3) is 0 Å². The number of carboxylic acids is 2. The molecule has 0 spiro atoms. The number of anilines is 1. The van der Waals surface area contributed by atoms with Crippen LogP contribution in [-0.4, -0.2) is 40.9 Å². The number of alkyl halides is 2. The van der Waals surface area contributed by atoms with Crippen molar-refractivity contribution in [2.24, 2.45) is 0 Å². The minimum atomic E-state index is -3.67. The van der Waals surface area contributed by atoms with E-state index in [-0.39, 0.29) is 30.0 Å². The topological polar surface area (TPSA) is 134 Å². The number of hydrogen-bond donors (Lipinski definition) is 4. The molecule has 0 bridgehead atoms. The van der Waals surface area contributed by atoms with Gasteiger partial charge >= 0.3 is 18.2 Å². The summed E-state index contributed by atoms with van der Waals surface area (Å²) in [5.74, 6) is -4.05. The SMILES string of the molecule is O=C(CNC1CCCc2ccccc21)Nc1ccc2c(c1)OC(F)(F)O2.O=C(O)C(=O)O. The van der Waals surface area contributed by atoms with Crippen molar-refractivity contribution in [3.63, 3.8) is 0 Å². The first-order chi connectivity index (χ1) is 15.1. The Morgan fingerprint density at radius 1 is 1.03 bits per heavy atom. The van der Waals surface area contributed by atoms with Crippen molar-refractivity contribution in [2.75, 3.05) is 11.9 Å². The summed E-state index contributed by atoms with van der Waals surface area (Å²) < 4.78 is 34.8. The molecule has 32 heavy (non-hydrogen) atoms. The van der Waals surface area contributed by atoms with E-state index < -0.39 is 18.2 Å². The fourth-order valence-corrected chi connectivity index (χ4v) is 3.41. The maximum Gasteiger partial charge on any atom is 0.586 e. The van der Waals surface area contributed by atoms with Crippen LogP contribution >= 0.6 is 0 Å². The summed E-state index contributed by atoms with van der Waals surface area (Å²) in [5.41, 5.74) is 2.92. The Labute approximate surface area is 180 Å². The van der Waals surface area contributed by atoms with E-state index >= 15 is 0 Å². The molecule has 4 rings (SSSR count). The fourth-order valence-electron chi connectivity index (χ4n) is 3.41. The van der Waals surface area contributed by atoms with Crippen LogP contribution < -0.4 is 20.1 Å². The van der Waals surface area contributed by atoms with Gasteiger partial charge in [0.05, 0.1) is 6.54 Å². The molecule has 1 unspecified atom stereocenters. The highest BCUT2D eigenvalue weighted by atomic mass is 19.3. The highest BCUT2D eigenvalue weighted by Gasteiger charge is 2.43. The third-order valence-electron chi connectivity index (χ3n) is 4.75. The van der Waals surface area contributed by atoms with E-state index in [1.807, 2.05) is 12.1 Å². The molecule has 1 aliphatic heterocycles. The molecular weight excluding hydrogens is 430 g/mol. The zero-order valence-electron chi connectivity index (χ0n) is 16.6. The van der Waals surface area contributed by atoms with E-state index in [1.54, 1.807) is 0 Å². The number of nitrogens with one attached hydrogen (secondary N) is 2. The van der Waals surface area contributed by atoms with Gasteiger partial charge in [-0.25, -0.2) is 9.59 Å². The van der Waals surface area contributed by atoms with E-state index in [0.717, 1.165) is 19.3 Å². The van der Waals surface area contributed by atoms with Crippen molar-refractivity contribution in [3.05, 3.63) is 53.6 Å². The molecule has 170 valence electrons. The van der Waals surface area contributed by atoms with E-state index in [0.29, 0.717) is 5.69 Å². The van der Waals surface area contributed by atoms with Crippen LogP contribution in [0.2, 0.25) is 0 Å². The molecule has 11 heteroatoms. The summed E-state index contributed by atoms with van der Waals surface area (Å²) in [6, 6.07) is 12.5. The number of hydrogen-bond acceptors (Lipinski definition) is 6. The summed E-state index contributed by atoms with van der Waals surface area (Å²) in [5, 5.41) is 20.7. The van der Waals surface area contributed by atoms with E-state index in [2.05, 4.69) is 32.2 Å². The first-order valence-electron chi connectivity index (χ1n) is 9.62. The second kappa shape index (κ2) is 9.60. The standard InChI is InChI=1S/C19H18F2N2O3.C2H2O4/c20-19(21)25-16-9-8-13(10-17(16)26-19)23-18(24)11-22-15-7-3-5-12-4-1-2-6-14(12)15;3-1(4)2(5)6/h1-2,4,6,8-10,15,22H,3,5,7,11H2,(H,23,24);(H,3,4)(H,5,6). The molecule has 1 aliphatic carbocycles. The minimum Gasteiger partial charge on any atom is -0.473 e. The predicted octanol–water partition coefficient (Wildman–Crippen LogP) is 2.77. The highest BCUT2D eigenvalue weighted by molar-refractivity contribution is 6.27. The summed E-state index contributed by atoms with van der Waals surface area (Å²) in [7, 11) is 0. The molecule has 2 aromatic rings. The average Bonchev–Trinajstić information content (AvgIpc) is 3.05. The number of rotatable bonds is 4. The molecule has 0 aromatic heterocycles. The largest absolute Gasteiger partial charge is 0.586 e. The van der Waals surface area contributed by atoms with Crippen LogP contribution in [0.15, 0.2) is 42.5 Å². The molecule has 2 aromatic carbocycles. The third-order valence-corrected chi connectivity index (χ3v) is 4.75. The number of carbonyl (C=O) groups is 3. The van der Waals surface area contributed by atoms with Crippen molar-refractivity contribution in [1.29, 1.82) is 0 Å². The van der Waals surface area contributed by atoms with E-state index in [4.69, 9.17) is 19.8 Å². The zero-order chi connectivity index (χ0) is 23.3. The summed E-state index contributed by atoms with van der Waals surface area (Å²) in [6.45, 7) is 0.129. The Morgan fingerprint density at radius 3 is 2.44 bits per heavy atom. The van der Waals surface area contributed by atoms with Crippen LogP contribution in [0.5, 0.6) is 11.5 Å². The summed E-state index contributed by atoms with van der Waals surface area (Å²) >= 11 is 0. The van der Waals surface area contributed by atoms with Crippen molar-refractivity contribution in [2.45, 2.75) is 31.6 Å². The van der Waals surface area contributed by atoms with Crippen LogP contribution in [0.3, 0.4) is 0 Å². The minimum absolute atomic E-state index is 0.0510. The molecule has 0 saturated heterocycles. The number of fused-ring (bicyclic) bond motifs is 2. The normalized spacial score (nSPS) is 17.4. The number of amides is 1. The van der Waals surface area contributed by atoms with Gasteiger partial charge in [0.15, 0.2) is 11.5 Å². The van der Waals surface area contributed by atoms with Crippen molar-refractivity contribution in [3.8, 4) is 11.5 Å². The second-order valence-corrected chi connectivity index (χ2v) is 7.01. The molecule has 0 fully saturated rings. The molecule has 0 radical (unpaired) electrons. The van der Waals surface area contributed by atoms with Crippen molar-refractivity contribution >= 4 is 23.5 Å². The van der Waals surface area contributed by atoms with Gasteiger partial charge in [-0.1, -0.05) is 24.3 Å². The zero-order valence-corrected chi connectivity index (χ0v) is 16.6. The van der Waals surface area contributed by atoms with Gasteiger partial charge in [-0.15, -0.1) is 8.78 Å². The van der Waals surface area contributed by atoms with Crippen molar-refractivity contribution < 1.29 is 42.9 Å². The van der Waals surface area contributed by atoms with Crippen LogP contribution in [0.4, 0.5) is 14.5 Å². The first kappa shape index (κ1) is 22.9. The lowest BCUT2D eigenvalue weighted by atomic mass is 9.88. The van der Waals surface area contributed by atoms with Gasteiger partial charge in [0.25, 0.3) is 0 Å². The van der Waals surface area contributed by atoms with Crippen LogP contribution in [0.1, 0.15) is 30.0 Å². The molecule has 1 atom stereocenters. The van der Waals surface area contributed by atoms with Gasteiger partial charge in [-0.05, 0) is 42.5 Å². The third kappa shape index (κ3) is 5.91. The van der Waals surface area contributed by atoms with Gasteiger partial charge in [-0.3, -0.25) is 4.79 Å². The van der Waals surface area contributed by atoms with Gasteiger partial charge in [0, 0.05) is 17.8 Å². The van der Waals surface area contributed by atoms with Gasteiger partial charge in [0.1, 0.15) is 0 Å². The van der Waals surface area contributed by atoms with Crippen molar-refractivity contribution in [1.82, 2.24) is 5.32 Å². The number of carboxylic acid groups (broad SMARTS) is 2. The summed E-state index contributed by atoms with van der Waals surface area (Å²) in [6.07, 6.45) is -0.556. The lowest BCUT2D eigenvalue weighted by Gasteiger charge is -2.26. The Kier molecular flexibility index (Phi) is 6.89. The Hall–Kier alpha value is -3.73. The maximum absolute atomic E-state index is 13.0. The fraction of sp³-hybridized carbons (Fsp3) is 0.286. The number of aryl methyl sites for hydroxylation is 1.